The molecule has 0 spiro atoms. The predicted molar refractivity (Wildman–Crippen MR) is 38.6 cm³/mol. The number of hydrogen-bond donors (Lipinski definition) is 1. The summed E-state index contributed by atoms with van der Waals surface area (Å²) in [7, 11) is 0. The summed E-state index contributed by atoms with van der Waals surface area (Å²) in [4.78, 5) is 10.4. The highest BCUT2D eigenvalue weighted by Gasteiger charge is 2.02. The van der Waals surface area contributed by atoms with Gasteiger partial charge in [-0.2, -0.15) is 4.39 Å². The number of nitrogens with zero attached hydrogens (tertiary/aromatic N) is 2. The van der Waals surface area contributed by atoms with Crippen molar-refractivity contribution in [3.05, 3.63) is 23.9 Å². The molecule has 0 atom stereocenters. The second kappa shape index (κ2) is 2.02. The number of aryl methyl sites for hydroxylation is 1. The predicted octanol–water partition coefficient (Wildman–Crippen LogP) is 1.41. The summed E-state index contributed by atoms with van der Waals surface area (Å²) in [5, 5.41) is 0. The van der Waals surface area contributed by atoms with Crippen LogP contribution in [0.3, 0.4) is 0 Å². The van der Waals surface area contributed by atoms with Gasteiger partial charge in [0.05, 0.1) is 6.20 Å². The maximum atomic E-state index is 12.5. The number of nitrogens with one attached hydrogen (secondary N) is 1. The van der Waals surface area contributed by atoms with E-state index in [1.165, 1.54) is 0 Å². The van der Waals surface area contributed by atoms with Crippen molar-refractivity contribution >= 4 is 11.2 Å². The van der Waals surface area contributed by atoms with Crippen LogP contribution in [0.1, 0.15) is 5.56 Å². The zero-order chi connectivity index (χ0) is 7.84. The highest BCUT2D eigenvalue weighted by atomic mass is 19.1. The third-order valence-corrected chi connectivity index (χ3v) is 1.54. The molecule has 0 aromatic carbocycles. The van der Waals surface area contributed by atoms with Crippen LogP contribution in [0.5, 0.6) is 0 Å². The van der Waals surface area contributed by atoms with Gasteiger partial charge >= 0.3 is 0 Å². The zero-order valence-corrected chi connectivity index (χ0v) is 5.93. The van der Waals surface area contributed by atoms with Gasteiger partial charge in [0.25, 0.3) is 0 Å². The third-order valence-electron chi connectivity index (χ3n) is 1.54. The fourth-order valence-corrected chi connectivity index (χ4v) is 0.993. The lowest BCUT2D eigenvalue weighted by molar-refractivity contribution is 0.583. The Morgan fingerprint density at radius 2 is 2.36 bits per heavy atom. The standard InChI is InChI=1S/C7H6FN3/c1-4-2-9-7-6(4)11-5(8)3-10-7/h2-3H,1H3,(H,9,10). The van der Waals surface area contributed by atoms with Gasteiger partial charge < -0.3 is 4.98 Å². The Bertz CT molecular complexity index is 393. The van der Waals surface area contributed by atoms with E-state index >= 15 is 0 Å². The maximum Gasteiger partial charge on any atom is 0.232 e. The van der Waals surface area contributed by atoms with Gasteiger partial charge in [-0.3, -0.25) is 0 Å². The third kappa shape index (κ3) is 0.869. The number of aromatic nitrogens is 3. The quantitative estimate of drug-likeness (QED) is 0.618. The van der Waals surface area contributed by atoms with Gasteiger partial charge in [0.2, 0.25) is 5.95 Å². The number of fused-ring (bicyclic) bond motifs is 1. The van der Waals surface area contributed by atoms with Crippen LogP contribution in [-0.4, -0.2) is 15.0 Å². The van der Waals surface area contributed by atoms with Gasteiger partial charge in [-0.15, -0.1) is 0 Å². The van der Waals surface area contributed by atoms with Gasteiger partial charge in [0, 0.05) is 6.20 Å². The molecule has 0 amide bonds. The number of aromatic amines is 1. The molecule has 2 aromatic rings. The van der Waals surface area contributed by atoms with Crippen molar-refractivity contribution < 1.29 is 4.39 Å². The summed E-state index contributed by atoms with van der Waals surface area (Å²) in [6, 6.07) is 0. The Labute approximate surface area is 62.3 Å². The summed E-state index contributed by atoms with van der Waals surface area (Å²) in [6.45, 7) is 1.85. The molecule has 0 bridgehead atoms. The highest BCUT2D eigenvalue weighted by molar-refractivity contribution is 5.73. The van der Waals surface area contributed by atoms with Crippen LogP contribution in [0.15, 0.2) is 12.4 Å². The summed E-state index contributed by atoms with van der Waals surface area (Å²) in [5.41, 5.74) is 2.14. The Hall–Kier alpha value is -1.45. The molecule has 2 aromatic heterocycles. The van der Waals surface area contributed by atoms with E-state index in [1.807, 2.05) is 6.92 Å². The molecule has 0 saturated heterocycles. The SMILES string of the molecule is Cc1c[nH]c2ncc(F)nc12. The highest BCUT2D eigenvalue weighted by Crippen LogP contribution is 2.11. The molecule has 2 heterocycles. The van der Waals surface area contributed by atoms with Gasteiger partial charge in [-0.1, -0.05) is 0 Å². The van der Waals surface area contributed by atoms with Gasteiger partial charge in [-0.25, -0.2) is 9.97 Å². The number of hydrogen-bond acceptors (Lipinski definition) is 2. The molecule has 1 N–H and O–H groups in total. The average molecular weight is 151 g/mol. The van der Waals surface area contributed by atoms with Crippen LogP contribution in [0.25, 0.3) is 11.2 Å². The average Bonchev–Trinajstić information content (AvgIpc) is 2.33. The number of rotatable bonds is 0. The molecular formula is C7H6FN3. The van der Waals surface area contributed by atoms with Crippen LogP contribution >= 0.6 is 0 Å². The second-order valence-corrected chi connectivity index (χ2v) is 2.36. The fraction of sp³-hybridized carbons (Fsp3) is 0.143. The Kier molecular flexibility index (Phi) is 1.15. The second-order valence-electron chi connectivity index (χ2n) is 2.36. The monoisotopic (exact) mass is 151 g/mol. The lowest BCUT2D eigenvalue weighted by Crippen LogP contribution is -1.85. The molecular weight excluding hydrogens is 145 g/mol. The van der Waals surface area contributed by atoms with Gasteiger partial charge in [0.15, 0.2) is 5.65 Å². The Morgan fingerprint density at radius 3 is 3.18 bits per heavy atom. The molecule has 4 heteroatoms. The number of halogens is 1. The molecule has 0 fully saturated rings. The summed E-state index contributed by atoms with van der Waals surface area (Å²) < 4.78 is 12.5. The summed E-state index contributed by atoms with van der Waals surface area (Å²) >= 11 is 0. The van der Waals surface area contributed by atoms with Crippen molar-refractivity contribution in [2.24, 2.45) is 0 Å². The van der Waals surface area contributed by atoms with E-state index in [2.05, 4.69) is 15.0 Å². The minimum absolute atomic E-state index is 0.541. The van der Waals surface area contributed by atoms with Crippen molar-refractivity contribution in [2.75, 3.05) is 0 Å². The summed E-state index contributed by atoms with van der Waals surface area (Å²) in [6.07, 6.45) is 2.85. The molecule has 0 aliphatic heterocycles. The normalized spacial score (nSPS) is 10.7. The molecule has 0 aliphatic rings. The van der Waals surface area contributed by atoms with Crippen LogP contribution in [-0.2, 0) is 0 Å². The maximum absolute atomic E-state index is 12.5. The minimum atomic E-state index is -0.541. The lowest BCUT2D eigenvalue weighted by Gasteiger charge is -1.88. The summed E-state index contributed by atoms with van der Waals surface area (Å²) in [5.74, 6) is -0.541. The van der Waals surface area contributed by atoms with E-state index in [-0.39, 0.29) is 0 Å². The first-order chi connectivity index (χ1) is 5.27. The molecule has 2 rings (SSSR count). The Balaban J connectivity index is 2.87. The smallest absolute Gasteiger partial charge is 0.232 e. The van der Waals surface area contributed by atoms with Crippen molar-refractivity contribution in [3.63, 3.8) is 0 Å². The van der Waals surface area contributed by atoms with E-state index in [0.717, 1.165) is 11.8 Å². The van der Waals surface area contributed by atoms with Crippen LogP contribution in [0.2, 0.25) is 0 Å². The van der Waals surface area contributed by atoms with Crippen molar-refractivity contribution in [1.82, 2.24) is 15.0 Å². The van der Waals surface area contributed by atoms with Crippen molar-refractivity contribution in [2.45, 2.75) is 6.92 Å². The van der Waals surface area contributed by atoms with E-state index < -0.39 is 5.95 Å². The van der Waals surface area contributed by atoms with E-state index in [1.54, 1.807) is 6.20 Å². The van der Waals surface area contributed by atoms with Crippen molar-refractivity contribution in [1.29, 1.82) is 0 Å². The topological polar surface area (TPSA) is 41.6 Å². The lowest BCUT2D eigenvalue weighted by atomic mass is 10.3. The molecule has 0 radical (unpaired) electrons. The molecule has 0 unspecified atom stereocenters. The first kappa shape index (κ1) is 6.27. The Morgan fingerprint density at radius 1 is 1.55 bits per heavy atom. The molecule has 3 nitrogen and oxygen atoms in total. The van der Waals surface area contributed by atoms with Crippen LogP contribution in [0, 0.1) is 12.9 Å². The van der Waals surface area contributed by atoms with E-state index in [4.69, 9.17) is 0 Å². The van der Waals surface area contributed by atoms with Crippen LogP contribution < -0.4 is 0 Å². The van der Waals surface area contributed by atoms with E-state index in [0.29, 0.717) is 11.2 Å². The first-order valence-electron chi connectivity index (χ1n) is 3.23. The molecule has 0 saturated carbocycles. The molecule has 0 aliphatic carbocycles. The van der Waals surface area contributed by atoms with Gasteiger partial charge in [-0.05, 0) is 12.5 Å². The van der Waals surface area contributed by atoms with Crippen molar-refractivity contribution in [3.8, 4) is 0 Å². The fourth-order valence-electron chi connectivity index (χ4n) is 0.993. The minimum Gasteiger partial charge on any atom is -0.345 e. The number of H-pyrrole nitrogens is 1. The molecule has 56 valence electrons. The first-order valence-corrected chi connectivity index (χ1v) is 3.23. The zero-order valence-electron chi connectivity index (χ0n) is 5.93. The van der Waals surface area contributed by atoms with Crippen LogP contribution in [0.4, 0.5) is 4.39 Å². The van der Waals surface area contributed by atoms with Gasteiger partial charge in [0.1, 0.15) is 5.52 Å². The molecule has 11 heavy (non-hydrogen) atoms. The van der Waals surface area contributed by atoms with E-state index in [9.17, 15) is 4.39 Å². The largest absolute Gasteiger partial charge is 0.345 e.